The van der Waals surface area contributed by atoms with Gasteiger partial charge in [-0.05, 0) is 31.2 Å². The van der Waals surface area contributed by atoms with Crippen molar-refractivity contribution >= 4 is 28.7 Å². The summed E-state index contributed by atoms with van der Waals surface area (Å²) >= 11 is 0. The minimum absolute atomic E-state index is 0.250. The molecule has 0 radical (unpaired) electrons. The SMILES string of the molecule is CC(OC(=O)c1cccc2ocnc12)C(=O)Nc1ccncc1. The zero-order valence-corrected chi connectivity index (χ0v) is 12.2. The average molecular weight is 311 g/mol. The van der Waals surface area contributed by atoms with Gasteiger partial charge in [0.05, 0.1) is 5.56 Å². The highest BCUT2D eigenvalue weighted by Gasteiger charge is 2.21. The summed E-state index contributed by atoms with van der Waals surface area (Å²) in [5.41, 5.74) is 1.71. The van der Waals surface area contributed by atoms with Gasteiger partial charge in [0.2, 0.25) is 0 Å². The van der Waals surface area contributed by atoms with Crippen LogP contribution in [0.25, 0.3) is 11.1 Å². The smallest absolute Gasteiger partial charge is 0.341 e. The van der Waals surface area contributed by atoms with Crippen LogP contribution in [-0.2, 0) is 9.53 Å². The number of esters is 1. The Morgan fingerprint density at radius 3 is 2.78 bits per heavy atom. The molecule has 0 aliphatic heterocycles. The number of para-hydroxylation sites is 1. The lowest BCUT2D eigenvalue weighted by Gasteiger charge is -2.13. The van der Waals surface area contributed by atoms with E-state index in [1.165, 1.54) is 13.3 Å². The molecule has 0 aliphatic carbocycles. The Kier molecular flexibility index (Phi) is 4.01. The number of rotatable bonds is 4. The van der Waals surface area contributed by atoms with E-state index in [0.717, 1.165) is 0 Å². The molecule has 1 N–H and O–H groups in total. The van der Waals surface area contributed by atoms with Crippen molar-refractivity contribution in [2.45, 2.75) is 13.0 Å². The molecule has 0 fully saturated rings. The molecule has 116 valence electrons. The molecule has 2 aromatic heterocycles. The van der Waals surface area contributed by atoms with Crippen molar-refractivity contribution in [3.63, 3.8) is 0 Å². The Morgan fingerprint density at radius 1 is 1.22 bits per heavy atom. The fraction of sp³-hybridized carbons (Fsp3) is 0.125. The van der Waals surface area contributed by atoms with Gasteiger partial charge in [0.15, 0.2) is 18.1 Å². The minimum atomic E-state index is -0.960. The normalized spacial score (nSPS) is 11.9. The van der Waals surface area contributed by atoms with Gasteiger partial charge in [-0.2, -0.15) is 0 Å². The summed E-state index contributed by atoms with van der Waals surface area (Å²) in [7, 11) is 0. The maximum Gasteiger partial charge on any atom is 0.341 e. The molecular weight excluding hydrogens is 298 g/mol. The Morgan fingerprint density at radius 2 is 2.00 bits per heavy atom. The average Bonchev–Trinajstić information content (AvgIpc) is 3.04. The van der Waals surface area contributed by atoms with Crippen molar-refractivity contribution in [1.82, 2.24) is 9.97 Å². The summed E-state index contributed by atoms with van der Waals surface area (Å²) in [4.78, 5) is 32.1. The summed E-state index contributed by atoms with van der Waals surface area (Å²) in [6, 6.07) is 8.20. The lowest BCUT2D eigenvalue weighted by Crippen LogP contribution is -2.30. The van der Waals surface area contributed by atoms with Crippen LogP contribution in [0, 0.1) is 0 Å². The van der Waals surface area contributed by atoms with Crippen molar-refractivity contribution in [1.29, 1.82) is 0 Å². The number of nitrogens with one attached hydrogen (secondary N) is 1. The minimum Gasteiger partial charge on any atom is -0.449 e. The predicted molar refractivity (Wildman–Crippen MR) is 81.8 cm³/mol. The molecule has 0 bridgehead atoms. The van der Waals surface area contributed by atoms with E-state index in [9.17, 15) is 9.59 Å². The van der Waals surface area contributed by atoms with Crippen LogP contribution in [0.2, 0.25) is 0 Å². The summed E-state index contributed by atoms with van der Waals surface area (Å²) in [5.74, 6) is -1.07. The van der Waals surface area contributed by atoms with Gasteiger partial charge in [-0.25, -0.2) is 9.78 Å². The van der Waals surface area contributed by atoms with Gasteiger partial charge in [0, 0.05) is 18.1 Å². The maximum absolute atomic E-state index is 12.2. The Bertz CT molecular complexity index is 845. The fourth-order valence-electron chi connectivity index (χ4n) is 2.01. The molecule has 7 heteroatoms. The number of amides is 1. The number of hydrogen-bond acceptors (Lipinski definition) is 6. The Balaban J connectivity index is 1.70. The highest BCUT2D eigenvalue weighted by atomic mass is 16.5. The Hall–Kier alpha value is -3.22. The van der Waals surface area contributed by atoms with Gasteiger partial charge in [0.1, 0.15) is 5.52 Å². The molecule has 1 aromatic carbocycles. The number of ether oxygens (including phenoxy) is 1. The van der Waals surface area contributed by atoms with Crippen LogP contribution in [-0.4, -0.2) is 27.9 Å². The lowest BCUT2D eigenvalue weighted by molar-refractivity contribution is -0.123. The number of nitrogens with zero attached hydrogens (tertiary/aromatic N) is 2. The molecule has 1 atom stereocenters. The van der Waals surface area contributed by atoms with Crippen molar-refractivity contribution in [2.75, 3.05) is 5.32 Å². The van der Waals surface area contributed by atoms with Crippen LogP contribution in [0.1, 0.15) is 17.3 Å². The third-order valence-electron chi connectivity index (χ3n) is 3.18. The van der Waals surface area contributed by atoms with Crippen molar-refractivity contribution in [3.05, 3.63) is 54.7 Å². The second-order valence-corrected chi connectivity index (χ2v) is 4.78. The predicted octanol–water partition coefficient (Wildman–Crippen LogP) is 2.41. The number of hydrogen-bond donors (Lipinski definition) is 1. The van der Waals surface area contributed by atoms with Crippen LogP contribution in [0.3, 0.4) is 0 Å². The fourth-order valence-corrected chi connectivity index (χ4v) is 2.01. The topological polar surface area (TPSA) is 94.3 Å². The highest BCUT2D eigenvalue weighted by molar-refractivity contribution is 6.03. The summed E-state index contributed by atoms with van der Waals surface area (Å²) < 4.78 is 10.3. The van der Waals surface area contributed by atoms with Crippen molar-refractivity contribution < 1.29 is 18.7 Å². The van der Waals surface area contributed by atoms with Gasteiger partial charge < -0.3 is 14.5 Å². The number of anilines is 1. The van der Waals surface area contributed by atoms with Crippen LogP contribution >= 0.6 is 0 Å². The van der Waals surface area contributed by atoms with Crippen LogP contribution in [0.4, 0.5) is 5.69 Å². The number of benzene rings is 1. The van der Waals surface area contributed by atoms with E-state index >= 15 is 0 Å². The van der Waals surface area contributed by atoms with Gasteiger partial charge >= 0.3 is 5.97 Å². The molecule has 0 spiro atoms. The third kappa shape index (κ3) is 3.18. The summed E-state index contributed by atoms with van der Waals surface area (Å²) in [6.45, 7) is 1.50. The molecular formula is C16H13N3O4. The monoisotopic (exact) mass is 311 g/mol. The second-order valence-electron chi connectivity index (χ2n) is 4.78. The van der Waals surface area contributed by atoms with Crippen molar-refractivity contribution in [3.8, 4) is 0 Å². The highest BCUT2D eigenvalue weighted by Crippen LogP contribution is 2.18. The largest absolute Gasteiger partial charge is 0.449 e. The molecule has 3 rings (SSSR count). The molecule has 23 heavy (non-hydrogen) atoms. The number of carbonyl (C=O) groups excluding carboxylic acids is 2. The van der Waals surface area contributed by atoms with E-state index < -0.39 is 18.0 Å². The molecule has 7 nitrogen and oxygen atoms in total. The van der Waals surface area contributed by atoms with Crippen molar-refractivity contribution in [2.24, 2.45) is 0 Å². The molecule has 0 aliphatic rings. The van der Waals surface area contributed by atoms with Crippen LogP contribution in [0.15, 0.2) is 53.5 Å². The number of pyridine rings is 1. The van der Waals surface area contributed by atoms with Crippen LogP contribution < -0.4 is 5.32 Å². The first kappa shape index (κ1) is 14.7. The zero-order chi connectivity index (χ0) is 16.2. The third-order valence-corrected chi connectivity index (χ3v) is 3.18. The molecule has 3 aromatic rings. The standard InChI is InChI=1S/C16H13N3O4/c1-10(15(20)19-11-5-7-17-8-6-11)23-16(21)12-3-2-4-13-14(12)18-9-22-13/h2-10H,1H3,(H,17,19,20). The Labute approximate surface area is 131 Å². The molecule has 1 unspecified atom stereocenters. The number of oxazole rings is 1. The summed E-state index contributed by atoms with van der Waals surface area (Å²) in [6.07, 6.45) is 3.40. The van der Waals surface area contributed by atoms with E-state index in [2.05, 4.69) is 15.3 Å². The first-order chi connectivity index (χ1) is 11.1. The molecule has 2 heterocycles. The van der Waals surface area contributed by atoms with Gasteiger partial charge in [-0.3, -0.25) is 9.78 Å². The van der Waals surface area contributed by atoms with E-state index in [1.807, 2.05) is 0 Å². The van der Waals surface area contributed by atoms with E-state index in [0.29, 0.717) is 16.8 Å². The quantitative estimate of drug-likeness (QED) is 0.744. The van der Waals surface area contributed by atoms with E-state index in [4.69, 9.17) is 9.15 Å². The van der Waals surface area contributed by atoms with Gasteiger partial charge in [0.25, 0.3) is 5.91 Å². The van der Waals surface area contributed by atoms with E-state index in [-0.39, 0.29) is 5.56 Å². The lowest BCUT2D eigenvalue weighted by atomic mass is 10.2. The molecule has 1 amide bonds. The first-order valence-corrected chi connectivity index (χ1v) is 6.89. The van der Waals surface area contributed by atoms with Gasteiger partial charge in [-0.15, -0.1) is 0 Å². The summed E-state index contributed by atoms with van der Waals surface area (Å²) in [5, 5.41) is 2.64. The molecule has 0 saturated carbocycles. The number of fused-ring (bicyclic) bond motifs is 1. The second kappa shape index (κ2) is 6.27. The number of carbonyl (C=O) groups is 2. The number of aromatic nitrogens is 2. The maximum atomic E-state index is 12.2. The zero-order valence-electron chi connectivity index (χ0n) is 12.2. The molecule has 0 saturated heterocycles. The van der Waals surface area contributed by atoms with Crippen LogP contribution in [0.5, 0.6) is 0 Å². The first-order valence-electron chi connectivity index (χ1n) is 6.89. The van der Waals surface area contributed by atoms with E-state index in [1.54, 1.807) is 42.7 Å². The van der Waals surface area contributed by atoms with Gasteiger partial charge in [-0.1, -0.05) is 6.07 Å².